The molecule has 128 valence electrons. The number of aliphatic carboxylic acids is 1. The van der Waals surface area contributed by atoms with E-state index in [9.17, 15) is 9.59 Å². The van der Waals surface area contributed by atoms with Gasteiger partial charge in [0.25, 0.3) is 5.91 Å². The van der Waals surface area contributed by atoms with Crippen LogP contribution in [0.25, 0.3) is 6.08 Å². The van der Waals surface area contributed by atoms with E-state index in [0.29, 0.717) is 22.2 Å². The van der Waals surface area contributed by atoms with E-state index in [1.807, 2.05) is 18.2 Å². The molecule has 0 spiro atoms. The molecule has 0 aromatic heterocycles. The van der Waals surface area contributed by atoms with Crippen molar-refractivity contribution in [2.24, 2.45) is 0 Å². The molecule has 1 heterocycles. The first-order valence-electron chi connectivity index (χ1n) is 7.60. The number of ether oxygens (including phenoxy) is 1. The Labute approximate surface area is 150 Å². The lowest BCUT2D eigenvalue weighted by Crippen LogP contribution is -2.29. The molecule has 0 aliphatic carbocycles. The summed E-state index contributed by atoms with van der Waals surface area (Å²) >= 11 is 6.47. The molecule has 0 bridgehead atoms. The van der Waals surface area contributed by atoms with Crippen LogP contribution in [0, 0.1) is 0 Å². The van der Waals surface area contributed by atoms with Gasteiger partial charge in [-0.25, -0.2) is 0 Å². The van der Waals surface area contributed by atoms with Crippen LogP contribution in [0.15, 0.2) is 23.1 Å². The predicted octanol–water partition coefficient (Wildman–Crippen LogP) is 3.32. The average Bonchev–Trinajstić information content (AvgIpc) is 2.81. The van der Waals surface area contributed by atoms with Gasteiger partial charge in [0.05, 0.1) is 12.0 Å². The molecule has 1 fully saturated rings. The molecular formula is C17H19NO4S2. The summed E-state index contributed by atoms with van der Waals surface area (Å²) in [5.74, 6) is -0.254. The fraction of sp³-hybridized carbons (Fsp3) is 0.353. The van der Waals surface area contributed by atoms with Gasteiger partial charge in [0.1, 0.15) is 10.1 Å². The van der Waals surface area contributed by atoms with E-state index in [-0.39, 0.29) is 12.3 Å². The van der Waals surface area contributed by atoms with Gasteiger partial charge < -0.3 is 9.84 Å². The van der Waals surface area contributed by atoms with Gasteiger partial charge in [0.2, 0.25) is 0 Å². The van der Waals surface area contributed by atoms with Gasteiger partial charge >= 0.3 is 5.97 Å². The van der Waals surface area contributed by atoms with Crippen molar-refractivity contribution >= 4 is 46.3 Å². The molecule has 7 heteroatoms. The van der Waals surface area contributed by atoms with E-state index in [2.05, 4.69) is 6.92 Å². The van der Waals surface area contributed by atoms with Crippen molar-refractivity contribution in [2.45, 2.75) is 26.2 Å². The molecule has 0 atom stereocenters. The van der Waals surface area contributed by atoms with Gasteiger partial charge in [0.15, 0.2) is 0 Å². The number of methoxy groups -OCH3 is 1. The summed E-state index contributed by atoms with van der Waals surface area (Å²) in [5, 5.41) is 8.69. The second kappa shape index (κ2) is 8.30. The molecule has 1 aromatic rings. The van der Waals surface area contributed by atoms with Crippen LogP contribution in [0.4, 0.5) is 0 Å². The SMILES string of the molecule is CCc1ccc(/C=C2\SC(=S)N(CCCC(=O)O)C2=O)cc1OC. The molecule has 5 nitrogen and oxygen atoms in total. The van der Waals surface area contributed by atoms with Gasteiger partial charge in [-0.3, -0.25) is 14.5 Å². The Morgan fingerprint density at radius 2 is 2.21 bits per heavy atom. The second-order valence-electron chi connectivity index (χ2n) is 5.26. The summed E-state index contributed by atoms with van der Waals surface area (Å²) in [7, 11) is 1.63. The molecule has 1 aliphatic rings. The monoisotopic (exact) mass is 365 g/mol. The Morgan fingerprint density at radius 1 is 1.46 bits per heavy atom. The first-order valence-corrected chi connectivity index (χ1v) is 8.82. The zero-order valence-corrected chi connectivity index (χ0v) is 15.2. The maximum Gasteiger partial charge on any atom is 0.303 e. The highest BCUT2D eigenvalue weighted by molar-refractivity contribution is 8.26. The number of aryl methyl sites for hydroxylation is 1. The third kappa shape index (κ3) is 4.36. The van der Waals surface area contributed by atoms with Gasteiger partial charge in [0, 0.05) is 13.0 Å². The standard InChI is InChI=1S/C17H19NO4S2/c1-3-12-7-6-11(9-13(12)22-2)10-14-16(21)18(17(23)24-14)8-4-5-15(19)20/h6-7,9-10H,3-5,8H2,1-2H3,(H,19,20)/b14-10-. The molecule has 1 saturated heterocycles. The lowest BCUT2D eigenvalue weighted by molar-refractivity contribution is -0.137. The number of rotatable bonds is 7. The Kier molecular flexibility index (Phi) is 6.39. The lowest BCUT2D eigenvalue weighted by atomic mass is 10.1. The zero-order chi connectivity index (χ0) is 17.7. The van der Waals surface area contributed by atoms with Crippen molar-refractivity contribution in [2.75, 3.05) is 13.7 Å². The molecule has 24 heavy (non-hydrogen) atoms. The Bertz CT molecular complexity index is 700. The minimum atomic E-state index is -0.876. The normalized spacial score (nSPS) is 16.1. The van der Waals surface area contributed by atoms with Gasteiger partial charge in [-0.1, -0.05) is 43.0 Å². The van der Waals surface area contributed by atoms with E-state index in [4.69, 9.17) is 22.1 Å². The van der Waals surface area contributed by atoms with Crippen molar-refractivity contribution in [3.8, 4) is 5.75 Å². The maximum atomic E-state index is 12.4. The number of amides is 1. The summed E-state index contributed by atoms with van der Waals surface area (Å²) in [6.45, 7) is 2.38. The number of hydrogen-bond donors (Lipinski definition) is 1. The number of carboxylic acids is 1. The van der Waals surface area contributed by atoms with Crippen LogP contribution in [0.1, 0.15) is 30.9 Å². The van der Waals surface area contributed by atoms with Crippen LogP contribution in [0.5, 0.6) is 5.75 Å². The highest BCUT2D eigenvalue weighted by Crippen LogP contribution is 2.33. The quantitative estimate of drug-likeness (QED) is 0.591. The van der Waals surface area contributed by atoms with Crippen LogP contribution in [-0.4, -0.2) is 39.9 Å². The van der Waals surface area contributed by atoms with Gasteiger partial charge in [-0.15, -0.1) is 0 Å². The fourth-order valence-electron chi connectivity index (χ4n) is 2.38. The second-order valence-corrected chi connectivity index (χ2v) is 6.93. The predicted molar refractivity (Wildman–Crippen MR) is 99.1 cm³/mol. The summed E-state index contributed by atoms with van der Waals surface area (Å²) < 4.78 is 5.84. The van der Waals surface area contributed by atoms with Crippen molar-refractivity contribution in [1.29, 1.82) is 0 Å². The smallest absolute Gasteiger partial charge is 0.303 e. The number of thioether (sulfide) groups is 1. The van der Waals surface area contributed by atoms with E-state index in [1.165, 1.54) is 16.7 Å². The molecule has 1 amide bonds. The van der Waals surface area contributed by atoms with Crippen molar-refractivity contribution in [3.05, 3.63) is 34.2 Å². The number of thiocarbonyl (C=S) groups is 1. The molecular weight excluding hydrogens is 346 g/mol. The largest absolute Gasteiger partial charge is 0.496 e. The summed E-state index contributed by atoms with van der Waals surface area (Å²) in [6.07, 6.45) is 3.06. The molecule has 0 saturated carbocycles. The minimum Gasteiger partial charge on any atom is -0.496 e. The minimum absolute atomic E-state index is 0.0196. The van der Waals surface area contributed by atoms with Crippen LogP contribution >= 0.6 is 24.0 Å². The first kappa shape index (κ1) is 18.5. The lowest BCUT2D eigenvalue weighted by Gasteiger charge is -2.13. The van der Waals surface area contributed by atoms with Crippen molar-refractivity contribution < 1.29 is 19.4 Å². The molecule has 2 rings (SSSR count). The molecule has 1 aromatic carbocycles. The topological polar surface area (TPSA) is 66.8 Å². The molecule has 0 radical (unpaired) electrons. The Morgan fingerprint density at radius 3 is 2.83 bits per heavy atom. The highest BCUT2D eigenvalue weighted by atomic mass is 32.2. The van der Waals surface area contributed by atoms with Crippen LogP contribution < -0.4 is 4.74 Å². The summed E-state index contributed by atoms with van der Waals surface area (Å²) in [4.78, 5) is 25.0. The maximum absolute atomic E-state index is 12.4. The van der Waals surface area contributed by atoms with E-state index in [0.717, 1.165) is 23.3 Å². The number of nitrogens with zero attached hydrogens (tertiary/aromatic N) is 1. The van der Waals surface area contributed by atoms with Crippen LogP contribution in [0.2, 0.25) is 0 Å². The molecule has 1 aliphatic heterocycles. The Hall–Kier alpha value is -1.86. The third-order valence-electron chi connectivity index (χ3n) is 3.64. The average molecular weight is 365 g/mol. The zero-order valence-electron chi connectivity index (χ0n) is 13.6. The number of carbonyl (C=O) groups is 2. The summed E-state index contributed by atoms with van der Waals surface area (Å²) in [6, 6.07) is 5.83. The number of carbonyl (C=O) groups excluding carboxylic acids is 1. The number of benzene rings is 1. The van der Waals surface area contributed by atoms with Crippen LogP contribution in [0.3, 0.4) is 0 Å². The molecule has 1 N–H and O–H groups in total. The first-order chi connectivity index (χ1) is 11.5. The number of carboxylic acid groups (broad SMARTS) is 1. The molecule has 0 unspecified atom stereocenters. The van der Waals surface area contributed by atoms with Crippen molar-refractivity contribution in [3.63, 3.8) is 0 Å². The number of hydrogen-bond acceptors (Lipinski definition) is 5. The van der Waals surface area contributed by atoms with Crippen LogP contribution in [-0.2, 0) is 16.0 Å². The third-order valence-corrected chi connectivity index (χ3v) is 5.01. The van der Waals surface area contributed by atoms with Gasteiger partial charge in [-0.05, 0) is 36.1 Å². The summed E-state index contributed by atoms with van der Waals surface area (Å²) in [5.41, 5.74) is 1.98. The Balaban J connectivity index is 2.14. The highest BCUT2D eigenvalue weighted by Gasteiger charge is 2.31. The van der Waals surface area contributed by atoms with E-state index in [1.54, 1.807) is 13.2 Å². The van der Waals surface area contributed by atoms with Crippen molar-refractivity contribution in [1.82, 2.24) is 4.90 Å². The van der Waals surface area contributed by atoms with E-state index < -0.39 is 5.97 Å². The fourth-order valence-corrected chi connectivity index (χ4v) is 3.68. The van der Waals surface area contributed by atoms with Gasteiger partial charge in [-0.2, -0.15) is 0 Å². The van der Waals surface area contributed by atoms with E-state index >= 15 is 0 Å².